The maximum absolute atomic E-state index is 12.3. The van der Waals surface area contributed by atoms with Crippen LogP contribution < -0.4 is 16.0 Å². The summed E-state index contributed by atoms with van der Waals surface area (Å²) in [6, 6.07) is 0. The first kappa shape index (κ1) is 12.0. The van der Waals surface area contributed by atoms with E-state index in [9.17, 15) is 18.0 Å². The molecule has 0 unspecified atom stereocenters. The van der Waals surface area contributed by atoms with Crippen LogP contribution in [0, 0.1) is 0 Å². The van der Waals surface area contributed by atoms with Gasteiger partial charge in [0.2, 0.25) is 10.8 Å². The van der Waals surface area contributed by atoms with Gasteiger partial charge in [0.05, 0.1) is 0 Å². The third-order valence-electron chi connectivity index (χ3n) is 1.14. The third-order valence-corrected chi connectivity index (χ3v) is 2.18. The summed E-state index contributed by atoms with van der Waals surface area (Å²) in [5, 5.41) is -0.754. The molecule has 0 aromatic carbocycles. The summed E-state index contributed by atoms with van der Waals surface area (Å²) in [6.07, 6.45) is -5.98. The highest BCUT2D eigenvalue weighted by atomic mass is 35.5. The lowest BCUT2D eigenvalue weighted by molar-refractivity contribution is -0.141. The van der Waals surface area contributed by atoms with E-state index < -0.39 is 23.0 Å². The number of alkyl halides is 3. The second-order valence-corrected chi connectivity index (χ2v) is 3.68. The van der Waals surface area contributed by atoms with Crippen LogP contribution in [0.15, 0.2) is 0 Å². The van der Waals surface area contributed by atoms with Crippen molar-refractivity contribution >= 4 is 29.0 Å². The summed E-state index contributed by atoms with van der Waals surface area (Å²) in [7, 11) is 0. The fourth-order valence-corrected chi connectivity index (χ4v) is 1.60. The number of nitrogens with zero attached hydrogens (tertiary/aromatic N) is 1. The topological polar surface area (TPSA) is 77.2 Å². The molecule has 0 atom stereocenters. The highest BCUT2D eigenvalue weighted by Gasteiger charge is 2.39. The van der Waals surface area contributed by atoms with Crippen LogP contribution in [0.1, 0.15) is 5.69 Å². The maximum atomic E-state index is 12.3. The summed E-state index contributed by atoms with van der Waals surface area (Å²) in [5.41, 5.74) is 0.149. The summed E-state index contributed by atoms with van der Waals surface area (Å²) < 4.78 is 40.6. The van der Waals surface area contributed by atoms with Crippen LogP contribution in [-0.2, 0) is 6.18 Å². The first-order chi connectivity index (χ1) is 6.84. The first-order valence-corrected chi connectivity index (χ1v) is 4.46. The number of ether oxygens (including phenoxy) is 1. The van der Waals surface area contributed by atoms with E-state index in [0.717, 1.165) is 0 Å². The van der Waals surface area contributed by atoms with E-state index >= 15 is 0 Å². The molecule has 1 aromatic rings. The van der Waals surface area contributed by atoms with Gasteiger partial charge < -0.3 is 4.74 Å². The van der Waals surface area contributed by atoms with Gasteiger partial charge in [0, 0.05) is 0 Å². The first-order valence-electron chi connectivity index (χ1n) is 3.26. The number of amides is 1. The molecule has 0 spiro atoms. The molecule has 1 rings (SSSR count). The van der Waals surface area contributed by atoms with E-state index in [4.69, 9.17) is 11.6 Å². The molecule has 0 saturated heterocycles. The number of aromatic nitrogens is 1. The molecule has 0 radical (unpaired) electrons. The highest BCUT2D eigenvalue weighted by molar-refractivity contribution is 7.17. The van der Waals surface area contributed by atoms with Gasteiger partial charge in [-0.25, -0.2) is 15.6 Å². The molecule has 0 aliphatic carbocycles. The Morgan fingerprint density at radius 3 is 2.67 bits per heavy atom. The molecule has 1 amide bonds. The summed E-state index contributed by atoms with van der Waals surface area (Å²) in [6.45, 7) is 0. The van der Waals surface area contributed by atoms with Gasteiger partial charge in [-0.05, 0) is 0 Å². The summed E-state index contributed by atoms with van der Waals surface area (Å²) in [4.78, 5) is 13.6. The number of nitrogens with two attached hydrogens (primary N) is 1. The smallest absolute Gasteiger partial charge is 0.396 e. The Hall–Kier alpha value is -1.06. The molecule has 0 fully saturated rings. The molecular weight excluding hydrogens is 259 g/mol. The van der Waals surface area contributed by atoms with Crippen molar-refractivity contribution in [3.63, 3.8) is 0 Å². The lowest BCUT2D eigenvalue weighted by atomic mass is 10.5. The zero-order chi connectivity index (χ0) is 11.6. The molecule has 84 valence electrons. The van der Waals surface area contributed by atoms with Crippen molar-refractivity contribution in [3.05, 3.63) is 10.2 Å². The molecule has 15 heavy (non-hydrogen) atoms. The Bertz CT molecular complexity index is 380. The Morgan fingerprint density at radius 2 is 2.20 bits per heavy atom. The second-order valence-electron chi connectivity index (χ2n) is 2.13. The maximum Gasteiger partial charge on any atom is 0.438 e. The summed E-state index contributed by atoms with van der Waals surface area (Å²) in [5.74, 6) is 4.63. The molecule has 1 aromatic heterocycles. The molecule has 10 heteroatoms. The average Bonchev–Trinajstić information content (AvgIpc) is 2.45. The standard InChI is InChI=1S/C5H3ClF3N3O2S/c6-3-11-1(5(7,8)9)2(15-3)14-4(13)12-10/h10H2,(H,12,13). The molecule has 0 saturated carbocycles. The Balaban J connectivity index is 3.02. The van der Waals surface area contributed by atoms with E-state index in [2.05, 4.69) is 15.6 Å². The monoisotopic (exact) mass is 261 g/mol. The molecule has 5 nitrogen and oxygen atoms in total. The number of hydrogen-bond acceptors (Lipinski definition) is 5. The van der Waals surface area contributed by atoms with E-state index in [0.29, 0.717) is 11.3 Å². The van der Waals surface area contributed by atoms with Crippen LogP contribution in [0.2, 0.25) is 4.47 Å². The number of carbonyl (C=O) groups is 1. The minimum Gasteiger partial charge on any atom is -0.396 e. The van der Waals surface area contributed by atoms with Crippen LogP contribution in [-0.4, -0.2) is 11.1 Å². The van der Waals surface area contributed by atoms with Crippen LogP contribution in [0.25, 0.3) is 0 Å². The molecule has 0 aliphatic rings. The predicted molar refractivity (Wildman–Crippen MR) is 45.5 cm³/mol. The van der Waals surface area contributed by atoms with Gasteiger partial charge in [-0.2, -0.15) is 13.2 Å². The number of nitrogens with one attached hydrogen (secondary N) is 1. The predicted octanol–water partition coefficient (Wildman–Crippen LogP) is 1.78. The Kier molecular flexibility index (Phi) is 3.37. The fraction of sp³-hybridized carbons (Fsp3) is 0.200. The van der Waals surface area contributed by atoms with Crippen molar-refractivity contribution in [3.8, 4) is 5.06 Å². The Labute approximate surface area is 90.0 Å². The Morgan fingerprint density at radius 1 is 1.60 bits per heavy atom. The number of halogens is 4. The van der Waals surface area contributed by atoms with E-state index in [1.54, 1.807) is 0 Å². The van der Waals surface area contributed by atoms with Gasteiger partial charge in [0.15, 0.2) is 4.47 Å². The van der Waals surface area contributed by atoms with Gasteiger partial charge in [0.25, 0.3) is 0 Å². The second kappa shape index (κ2) is 4.21. The van der Waals surface area contributed by atoms with Gasteiger partial charge in [-0.3, -0.25) is 5.43 Å². The van der Waals surface area contributed by atoms with E-state index in [1.165, 1.54) is 5.43 Å². The van der Waals surface area contributed by atoms with Crippen LogP contribution in [0.5, 0.6) is 5.06 Å². The lowest BCUT2D eigenvalue weighted by Gasteiger charge is -2.05. The molecular formula is C5H3ClF3N3O2S. The molecule has 3 N–H and O–H groups in total. The minimum absolute atomic E-state index is 0.381. The highest BCUT2D eigenvalue weighted by Crippen LogP contribution is 2.40. The minimum atomic E-state index is -4.74. The zero-order valence-corrected chi connectivity index (χ0v) is 8.33. The van der Waals surface area contributed by atoms with Crippen LogP contribution in [0.3, 0.4) is 0 Å². The number of hydrogen-bond donors (Lipinski definition) is 2. The van der Waals surface area contributed by atoms with Crippen molar-refractivity contribution in [2.75, 3.05) is 0 Å². The van der Waals surface area contributed by atoms with Crippen molar-refractivity contribution in [1.82, 2.24) is 10.4 Å². The average molecular weight is 262 g/mol. The van der Waals surface area contributed by atoms with Crippen molar-refractivity contribution in [2.24, 2.45) is 5.84 Å². The van der Waals surface area contributed by atoms with Gasteiger partial charge >= 0.3 is 12.3 Å². The third kappa shape index (κ3) is 2.94. The quantitative estimate of drug-likeness (QED) is 0.459. The van der Waals surface area contributed by atoms with Crippen molar-refractivity contribution in [1.29, 1.82) is 0 Å². The fourth-order valence-electron chi connectivity index (χ4n) is 0.643. The molecule has 0 bridgehead atoms. The largest absolute Gasteiger partial charge is 0.438 e. The zero-order valence-electron chi connectivity index (χ0n) is 6.76. The van der Waals surface area contributed by atoms with E-state index in [-0.39, 0.29) is 4.47 Å². The lowest BCUT2D eigenvalue weighted by Crippen LogP contribution is -2.33. The number of thiazole rings is 1. The van der Waals surface area contributed by atoms with Gasteiger partial charge in [0.1, 0.15) is 0 Å². The SMILES string of the molecule is NNC(=O)Oc1sc(Cl)nc1C(F)(F)F. The number of carbonyl (C=O) groups excluding carboxylic acids is 1. The van der Waals surface area contributed by atoms with Crippen LogP contribution in [0.4, 0.5) is 18.0 Å². The number of rotatable bonds is 1. The van der Waals surface area contributed by atoms with Crippen molar-refractivity contribution < 1.29 is 22.7 Å². The molecule has 0 aliphatic heterocycles. The normalized spacial score (nSPS) is 11.3. The van der Waals surface area contributed by atoms with E-state index in [1.807, 2.05) is 0 Å². The molecule has 1 heterocycles. The van der Waals surface area contributed by atoms with Crippen LogP contribution >= 0.6 is 22.9 Å². The summed E-state index contributed by atoms with van der Waals surface area (Å²) >= 11 is 5.64. The van der Waals surface area contributed by atoms with Gasteiger partial charge in [-0.1, -0.05) is 22.9 Å². The van der Waals surface area contributed by atoms with Gasteiger partial charge in [-0.15, -0.1) is 0 Å². The van der Waals surface area contributed by atoms with Crippen molar-refractivity contribution in [2.45, 2.75) is 6.18 Å². The number of hydrazine groups is 1.